The summed E-state index contributed by atoms with van der Waals surface area (Å²) < 4.78 is 42.1. The Morgan fingerprint density at radius 2 is 2.04 bits per heavy atom. The number of halogens is 3. The van der Waals surface area contributed by atoms with Crippen LogP contribution < -0.4 is 10.0 Å². The predicted octanol–water partition coefficient (Wildman–Crippen LogP) is 5.59. The molecule has 140 valence electrons. The summed E-state index contributed by atoms with van der Waals surface area (Å²) in [4.78, 5) is 0. The zero-order valence-corrected chi connectivity index (χ0v) is 15.5. The molecule has 0 saturated heterocycles. The molecule has 0 radical (unpaired) electrons. The summed E-state index contributed by atoms with van der Waals surface area (Å²) in [6, 6.07) is 5.84. The second kappa shape index (κ2) is 8.54. The van der Waals surface area contributed by atoms with Crippen LogP contribution in [0.4, 0.5) is 18.9 Å². The zero-order valence-electron chi connectivity index (χ0n) is 14.7. The third kappa shape index (κ3) is 5.46. The molecule has 2 unspecified atom stereocenters. The van der Waals surface area contributed by atoms with E-state index in [1.54, 1.807) is 0 Å². The molecule has 2 rings (SSSR count). The number of nitriles is 1. The van der Waals surface area contributed by atoms with Crippen LogP contribution in [0.3, 0.4) is 0 Å². The van der Waals surface area contributed by atoms with Gasteiger partial charge in [-0.05, 0) is 36.9 Å². The summed E-state index contributed by atoms with van der Waals surface area (Å²) in [6.45, 7) is 7.91. The quantitative estimate of drug-likeness (QED) is 0.498. The van der Waals surface area contributed by atoms with Gasteiger partial charge in [0.25, 0.3) is 0 Å². The van der Waals surface area contributed by atoms with Crippen LogP contribution in [0, 0.1) is 17.2 Å². The highest BCUT2D eigenvalue weighted by Crippen LogP contribution is 2.35. The first-order valence-corrected chi connectivity index (χ1v) is 9.25. The lowest BCUT2D eigenvalue weighted by atomic mass is 9.93. The fourth-order valence-electron chi connectivity index (χ4n) is 2.60. The summed E-state index contributed by atoms with van der Waals surface area (Å²) in [7, 11) is 0. The Kier molecular flexibility index (Phi) is 6.65. The summed E-state index contributed by atoms with van der Waals surface area (Å²) in [5.41, 5.74) is 0.832. The summed E-state index contributed by atoms with van der Waals surface area (Å²) in [6.07, 6.45) is 0.902. The first-order valence-electron chi connectivity index (χ1n) is 8.37. The third-order valence-electron chi connectivity index (χ3n) is 3.97. The smallest absolute Gasteiger partial charge is 0.379 e. The summed E-state index contributed by atoms with van der Waals surface area (Å²) in [5, 5.41) is 12.4. The van der Waals surface area contributed by atoms with Crippen LogP contribution in [0.1, 0.15) is 37.8 Å². The van der Waals surface area contributed by atoms with Crippen molar-refractivity contribution in [2.45, 2.75) is 44.2 Å². The standard InChI is InChI=1S/C19H22F3N3S/c1-12(2)26-25-18-10-15(19(20,21)22)6-9-17(18)13(3)24-16-7-4-14(11-23)5-8-16/h4,6-7,9-10,12,14,16,24-25H,3,5,8H2,1-2H3. The molecule has 7 heteroatoms. The number of nitrogens with zero attached hydrogens (tertiary/aromatic N) is 1. The molecule has 0 heterocycles. The number of benzene rings is 1. The predicted molar refractivity (Wildman–Crippen MR) is 101 cm³/mol. The molecule has 0 spiro atoms. The van der Waals surface area contributed by atoms with E-state index in [-0.39, 0.29) is 17.2 Å². The van der Waals surface area contributed by atoms with E-state index in [1.807, 2.05) is 26.0 Å². The fraction of sp³-hybridized carbons (Fsp3) is 0.421. The first kappa shape index (κ1) is 20.2. The number of anilines is 1. The van der Waals surface area contributed by atoms with Crippen LogP contribution in [0.15, 0.2) is 36.9 Å². The minimum Gasteiger partial charge on any atom is -0.379 e. The molecule has 2 atom stereocenters. The highest BCUT2D eigenvalue weighted by atomic mass is 32.2. The van der Waals surface area contributed by atoms with Gasteiger partial charge >= 0.3 is 6.18 Å². The molecule has 1 aromatic carbocycles. The van der Waals surface area contributed by atoms with E-state index in [9.17, 15) is 13.2 Å². The van der Waals surface area contributed by atoms with Crippen LogP contribution in [-0.4, -0.2) is 11.3 Å². The Bertz CT molecular complexity index is 720. The highest BCUT2D eigenvalue weighted by Gasteiger charge is 2.31. The lowest BCUT2D eigenvalue weighted by molar-refractivity contribution is -0.137. The second-order valence-corrected chi connectivity index (χ2v) is 7.84. The van der Waals surface area contributed by atoms with Crippen molar-refractivity contribution in [3.8, 4) is 6.07 Å². The molecule has 1 aliphatic rings. The number of rotatable bonds is 6. The van der Waals surface area contributed by atoms with Crippen LogP contribution in [-0.2, 0) is 6.18 Å². The van der Waals surface area contributed by atoms with Gasteiger partial charge in [0, 0.05) is 22.6 Å². The maximum absolute atomic E-state index is 13.0. The number of hydrogen-bond acceptors (Lipinski definition) is 4. The molecule has 0 aromatic heterocycles. The number of alkyl halides is 3. The molecule has 0 aliphatic heterocycles. The molecule has 3 nitrogen and oxygen atoms in total. The fourth-order valence-corrected chi connectivity index (χ4v) is 3.13. The van der Waals surface area contributed by atoms with Crippen molar-refractivity contribution in [3.05, 3.63) is 48.1 Å². The summed E-state index contributed by atoms with van der Waals surface area (Å²) in [5.74, 6) is -0.0768. The van der Waals surface area contributed by atoms with Crippen molar-refractivity contribution in [1.82, 2.24) is 5.32 Å². The lowest BCUT2D eigenvalue weighted by Crippen LogP contribution is -2.28. The summed E-state index contributed by atoms with van der Waals surface area (Å²) >= 11 is 1.35. The maximum Gasteiger partial charge on any atom is 0.416 e. The van der Waals surface area contributed by atoms with Crippen molar-refractivity contribution in [3.63, 3.8) is 0 Å². The van der Waals surface area contributed by atoms with E-state index in [1.165, 1.54) is 18.0 Å². The van der Waals surface area contributed by atoms with Crippen molar-refractivity contribution < 1.29 is 13.2 Å². The molecule has 26 heavy (non-hydrogen) atoms. The van der Waals surface area contributed by atoms with Crippen LogP contribution in [0.25, 0.3) is 5.70 Å². The van der Waals surface area contributed by atoms with Gasteiger partial charge < -0.3 is 10.0 Å². The maximum atomic E-state index is 13.0. The van der Waals surface area contributed by atoms with Crippen molar-refractivity contribution >= 4 is 23.3 Å². The van der Waals surface area contributed by atoms with Gasteiger partial charge in [-0.25, -0.2) is 0 Å². The Labute approximate surface area is 156 Å². The van der Waals surface area contributed by atoms with E-state index in [0.29, 0.717) is 16.9 Å². The topological polar surface area (TPSA) is 47.9 Å². The number of allylic oxidation sites excluding steroid dienone is 1. The van der Waals surface area contributed by atoms with Gasteiger partial charge in [-0.3, -0.25) is 0 Å². The number of nitrogens with one attached hydrogen (secondary N) is 2. The van der Waals surface area contributed by atoms with Crippen LogP contribution in [0.2, 0.25) is 0 Å². The van der Waals surface area contributed by atoms with E-state index in [0.717, 1.165) is 25.0 Å². The zero-order chi connectivity index (χ0) is 19.3. The number of hydrogen-bond donors (Lipinski definition) is 2. The Morgan fingerprint density at radius 3 is 2.58 bits per heavy atom. The average molecular weight is 381 g/mol. The lowest BCUT2D eigenvalue weighted by Gasteiger charge is -2.24. The SMILES string of the molecule is C=C(NC1C=CC(C#N)CC1)c1ccc(C(F)(F)F)cc1NSC(C)C. The van der Waals surface area contributed by atoms with Gasteiger partial charge in [0.15, 0.2) is 0 Å². The largest absolute Gasteiger partial charge is 0.416 e. The van der Waals surface area contributed by atoms with Crippen LogP contribution in [0.5, 0.6) is 0 Å². The van der Waals surface area contributed by atoms with E-state index >= 15 is 0 Å². The van der Waals surface area contributed by atoms with Crippen molar-refractivity contribution in [2.75, 3.05) is 4.72 Å². The normalized spacial score (nSPS) is 19.9. The Morgan fingerprint density at radius 1 is 1.31 bits per heavy atom. The van der Waals surface area contributed by atoms with E-state index < -0.39 is 11.7 Å². The first-order chi connectivity index (χ1) is 12.2. The minimum absolute atomic E-state index is 0.0139. The second-order valence-electron chi connectivity index (χ2n) is 6.45. The van der Waals surface area contributed by atoms with Gasteiger partial charge in [0.1, 0.15) is 0 Å². The van der Waals surface area contributed by atoms with Crippen LogP contribution >= 0.6 is 11.9 Å². The molecule has 0 fully saturated rings. The Hall–Kier alpha value is -2.07. The molecule has 0 amide bonds. The van der Waals surface area contributed by atoms with Gasteiger partial charge in [0.05, 0.1) is 23.2 Å². The van der Waals surface area contributed by atoms with Crippen molar-refractivity contribution in [2.24, 2.45) is 5.92 Å². The monoisotopic (exact) mass is 381 g/mol. The van der Waals surface area contributed by atoms with Gasteiger partial charge in [-0.15, -0.1) is 0 Å². The molecule has 1 aromatic rings. The molecule has 0 bridgehead atoms. The van der Waals surface area contributed by atoms with Crippen molar-refractivity contribution in [1.29, 1.82) is 5.26 Å². The Balaban J connectivity index is 2.20. The van der Waals surface area contributed by atoms with Gasteiger partial charge in [0.2, 0.25) is 0 Å². The molecular weight excluding hydrogens is 359 g/mol. The molecule has 2 N–H and O–H groups in total. The van der Waals surface area contributed by atoms with Gasteiger partial charge in [-0.2, -0.15) is 18.4 Å². The third-order valence-corrected chi connectivity index (χ3v) is 4.78. The van der Waals surface area contributed by atoms with E-state index in [2.05, 4.69) is 22.7 Å². The molecule has 1 aliphatic carbocycles. The minimum atomic E-state index is -4.40. The van der Waals surface area contributed by atoms with E-state index in [4.69, 9.17) is 5.26 Å². The van der Waals surface area contributed by atoms with Gasteiger partial charge in [-0.1, -0.05) is 38.6 Å². The molecular formula is C19H22F3N3S. The highest BCUT2D eigenvalue weighted by molar-refractivity contribution is 8.01. The molecule has 0 saturated carbocycles. The average Bonchev–Trinajstić information content (AvgIpc) is 2.59.